The molecule has 4 rings (SSSR count). The number of fused-ring (bicyclic) bond motifs is 1. The van der Waals surface area contributed by atoms with Crippen LogP contribution >= 0.6 is 0 Å². The molecule has 152 valence electrons. The van der Waals surface area contributed by atoms with Crippen molar-refractivity contribution in [2.45, 2.75) is 38.9 Å². The number of ether oxygens (including phenoxy) is 1. The van der Waals surface area contributed by atoms with Gasteiger partial charge < -0.3 is 15.0 Å². The number of likely N-dealkylation sites (tertiary alicyclic amines) is 1. The Hall–Kier alpha value is -2.63. The van der Waals surface area contributed by atoms with Crippen LogP contribution in [0.4, 0.5) is 0 Å². The Balaban J connectivity index is 1.34. The number of aromatic nitrogens is 1. The van der Waals surface area contributed by atoms with Gasteiger partial charge in [0.25, 0.3) is 5.56 Å². The predicted octanol–water partition coefficient (Wildman–Crippen LogP) is 3.68. The fraction of sp³-hybridized carbons (Fsp3) is 0.375. The Kier molecular flexibility index (Phi) is 6.27. The zero-order valence-electron chi connectivity index (χ0n) is 17.0. The Morgan fingerprint density at radius 3 is 2.66 bits per heavy atom. The largest absolute Gasteiger partial charge is 0.494 e. The van der Waals surface area contributed by atoms with Gasteiger partial charge in [-0.25, -0.2) is 0 Å². The quantitative estimate of drug-likeness (QED) is 0.645. The van der Waals surface area contributed by atoms with Gasteiger partial charge in [0.1, 0.15) is 5.75 Å². The summed E-state index contributed by atoms with van der Waals surface area (Å²) in [5.41, 5.74) is 2.97. The molecule has 5 nitrogen and oxygen atoms in total. The standard InChI is InChI=1S/C24H29N3O2/c1-2-29-22-8-9-23-19(15-22)14-20(24(28)26-23)16-25-21-10-12-27(13-11-21)17-18-6-4-3-5-7-18/h3-9,14-15,21,25H,2,10-13,16-17H2,1H3,(H,26,28). The first kappa shape index (κ1) is 19.7. The number of rotatable bonds is 7. The fourth-order valence-corrected chi connectivity index (χ4v) is 4.01. The number of nitrogens with one attached hydrogen (secondary N) is 2. The van der Waals surface area contributed by atoms with Crippen LogP contribution in [0.2, 0.25) is 0 Å². The average Bonchev–Trinajstić information content (AvgIpc) is 2.74. The van der Waals surface area contributed by atoms with E-state index in [9.17, 15) is 4.79 Å². The Bertz CT molecular complexity index is 992. The summed E-state index contributed by atoms with van der Waals surface area (Å²) in [6.45, 7) is 6.37. The maximum atomic E-state index is 12.4. The first-order chi connectivity index (χ1) is 14.2. The first-order valence-corrected chi connectivity index (χ1v) is 10.5. The molecular formula is C24H29N3O2. The van der Waals surface area contributed by atoms with Crippen LogP contribution in [0, 0.1) is 0 Å². The van der Waals surface area contributed by atoms with Gasteiger partial charge in [-0.3, -0.25) is 9.69 Å². The number of piperidine rings is 1. The molecule has 0 radical (unpaired) electrons. The van der Waals surface area contributed by atoms with E-state index in [1.807, 2.05) is 31.2 Å². The van der Waals surface area contributed by atoms with Crippen molar-refractivity contribution >= 4 is 10.9 Å². The summed E-state index contributed by atoms with van der Waals surface area (Å²) in [7, 11) is 0. The number of hydrogen-bond donors (Lipinski definition) is 2. The maximum absolute atomic E-state index is 12.4. The smallest absolute Gasteiger partial charge is 0.252 e. The Labute approximate surface area is 171 Å². The number of nitrogens with zero attached hydrogens (tertiary/aromatic N) is 1. The van der Waals surface area contributed by atoms with Crippen molar-refractivity contribution in [3.05, 3.63) is 76.1 Å². The SMILES string of the molecule is CCOc1ccc2[nH]c(=O)c(CNC3CCN(Cc4ccccc4)CC3)cc2c1. The van der Waals surface area contributed by atoms with Crippen molar-refractivity contribution in [1.29, 1.82) is 0 Å². The Morgan fingerprint density at radius 2 is 1.90 bits per heavy atom. The van der Waals surface area contributed by atoms with Gasteiger partial charge in [-0.15, -0.1) is 0 Å². The van der Waals surface area contributed by atoms with Crippen LogP contribution in [0.25, 0.3) is 10.9 Å². The molecule has 1 aromatic heterocycles. The van der Waals surface area contributed by atoms with Crippen LogP contribution in [-0.2, 0) is 13.1 Å². The van der Waals surface area contributed by atoms with Gasteiger partial charge in [-0.2, -0.15) is 0 Å². The molecule has 0 spiro atoms. The van der Waals surface area contributed by atoms with Gasteiger partial charge in [0.15, 0.2) is 0 Å². The number of aromatic amines is 1. The second-order valence-electron chi connectivity index (χ2n) is 7.72. The molecule has 3 aromatic rings. The van der Waals surface area contributed by atoms with Crippen molar-refractivity contribution in [3.63, 3.8) is 0 Å². The van der Waals surface area contributed by atoms with Crippen molar-refractivity contribution in [3.8, 4) is 5.75 Å². The van der Waals surface area contributed by atoms with Crippen LogP contribution in [0.15, 0.2) is 59.4 Å². The summed E-state index contributed by atoms with van der Waals surface area (Å²) in [4.78, 5) is 17.9. The summed E-state index contributed by atoms with van der Waals surface area (Å²) in [5.74, 6) is 0.830. The van der Waals surface area contributed by atoms with E-state index < -0.39 is 0 Å². The van der Waals surface area contributed by atoms with Crippen molar-refractivity contribution in [1.82, 2.24) is 15.2 Å². The molecular weight excluding hydrogens is 362 g/mol. The normalized spacial score (nSPS) is 15.6. The van der Waals surface area contributed by atoms with Crippen molar-refractivity contribution in [2.24, 2.45) is 0 Å². The highest BCUT2D eigenvalue weighted by Crippen LogP contribution is 2.20. The number of benzene rings is 2. The minimum absolute atomic E-state index is 0.0179. The van der Waals surface area contributed by atoms with Crippen LogP contribution in [0.3, 0.4) is 0 Å². The van der Waals surface area contributed by atoms with E-state index in [2.05, 4.69) is 45.5 Å². The average molecular weight is 392 g/mol. The molecule has 1 saturated heterocycles. The van der Waals surface area contributed by atoms with E-state index in [4.69, 9.17) is 4.74 Å². The lowest BCUT2D eigenvalue weighted by Crippen LogP contribution is -2.42. The molecule has 2 N–H and O–H groups in total. The first-order valence-electron chi connectivity index (χ1n) is 10.5. The monoisotopic (exact) mass is 391 g/mol. The second-order valence-corrected chi connectivity index (χ2v) is 7.72. The molecule has 0 unspecified atom stereocenters. The van der Waals surface area contributed by atoms with Crippen LogP contribution in [-0.4, -0.2) is 35.6 Å². The zero-order valence-corrected chi connectivity index (χ0v) is 17.0. The number of H-pyrrole nitrogens is 1. The molecule has 0 bridgehead atoms. The lowest BCUT2D eigenvalue weighted by molar-refractivity contribution is 0.190. The summed E-state index contributed by atoms with van der Waals surface area (Å²) >= 11 is 0. The van der Waals surface area contributed by atoms with Gasteiger partial charge >= 0.3 is 0 Å². The highest BCUT2D eigenvalue weighted by Gasteiger charge is 2.19. The van der Waals surface area contributed by atoms with E-state index in [0.29, 0.717) is 19.2 Å². The predicted molar refractivity (Wildman–Crippen MR) is 117 cm³/mol. The summed E-state index contributed by atoms with van der Waals surface area (Å²) in [5, 5.41) is 4.59. The molecule has 5 heteroatoms. The van der Waals surface area contributed by atoms with Gasteiger partial charge in [-0.1, -0.05) is 30.3 Å². The van der Waals surface area contributed by atoms with E-state index in [1.165, 1.54) is 5.56 Å². The van der Waals surface area contributed by atoms with Gasteiger partial charge in [0, 0.05) is 35.6 Å². The third-order valence-electron chi connectivity index (χ3n) is 5.62. The maximum Gasteiger partial charge on any atom is 0.252 e. The molecule has 2 heterocycles. The van der Waals surface area contributed by atoms with Gasteiger partial charge in [0.2, 0.25) is 0 Å². The molecule has 0 atom stereocenters. The van der Waals surface area contributed by atoms with Gasteiger partial charge in [0.05, 0.1) is 6.61 Å². The van der Waals surface area contributed by atoms with Crippen molar-refractivity contribution < 1.29 is 4.74 Å². The molecule has 1 aliphatic rings. The highest BCUT2D eigenvalue weighted by atomic mass is 16.5. The number of pyridine rings is 1. The molecule has 1 aliphatic heterocycles. The molecule has 0 amide bonds. The third-order valence-corrected chi connectivity index (χ3v) is 5.62. The van der Waals surface area contributed by atoms with E-state index in [1.54, 1.807) is 0 Å². The summed E-state index contributed by atoms with van der Waals surface area (Å²) in [6, 6.07) is 18.8. The highest BCUT2D eigenvalue weighted by molar-refractivity contribution is 5.80. The van der Waals surface area contributed by atoms with E-state index >= 15 is 0 Å². The van der Waals surface area contributed by atoms with Crippen LogP contribution < -0.4 is 15.6 Å². The fourth-order valence-electron chi connectivity index (χ4n) is 4.01. The van der Waals surface area contributed by atoms with Crippen LogP contribution in [0.5, 0.6) is 5.75 Å². The lowest BCUT2D eigenvalue weighted by atomic mass is 10.0. The van der Waals surface area contributed by atoms with Gasteiger partial charge in [-0.05, 0) is 62.7 Å². The molecule has 29 heavy (non-hydrogen) atoms. The summed E-state index contributed by atoms with van der Waals surface area (Å²) in [6.07, 6.45) is 2.21. The minimum Gasteiger partial charge on any atom is -0.494 e. The number of hydrogen-bond acceptors (Lipinski definition) is 4. The van der Waals surface area contributed by atoms with E-state index in [0.717, 1.165) is 54.7 Å². The summed E-state index contributed by atoms with van der Waals surface area (Å²) < 4.78 is 5.58. The second kappa shape index (κ2) is 9.25. The van der Waals surface area contributed by atoms with E-state index in [-0.39, 0.29) is 5.56 Å². The molecule has 2 aromatic carbocycles. The molecule has 0 saturated carbocycles. The Morgan fingerprint density at radius 1 is 1.10 bits per heavy atom. The molecule has 1 fully saturated rings. The van der Waals surface area contributed by atoms with Crippen molar-refractivity contribution in [2.75, 3.05) is 19.7 Å². The topological polar surface area (TPSA) is 57.4 Å². The molecule has 0 aliphatic carbocycles. The minimum atomic E-state index is -0.0179. The zero-order chi connectivity index (χ0) is 20.1. The lowest BCUT2D eigenvalue weighted by Gasteiger charge is -2.32. The van der Waals surface area contributed by atoms with Crippen LogP contribution in [0.1, 0.15) is 30.9 Å². The third kappa shape index (κ3) is 5.05.